The van der Waals surface area contributed by atoms with Crippen LogP contribution in [-0.2, 0) is 0 Å². The number of nitrogens with zero attached hydrogens (tertiary/aromatic N) is 1. The molecule has 134 valence electrons. The summed E-state index contributed by atoms with van der Waals surface area (Å²) in [6.07, 6.45) is 2.68. The number of rotatable bonds is 8. The average Bonchev–Trinajstić information content (AvgIpc) is 2.67. The quantitative estimate of drug-likeness (QED) is 0.286. The Bertz CT molecular complexity index is 828. The summed E-state index contributed by atoms with van der Waals surface area (Å²) in [5, 5.41) is 10.6. The lowest BCUT2D eigenvalue weighted by Crippen LogP contribution is -2.18. The number of ether oxygens (including phenoxy) is 2. The molecule has 0 unspecified atom stereocenters. The Kier molecular flexibility index (Phi) is 6.87. The first-order valence-corrected chi connectivity index (χ1v) is 8.19. The summed E-state index contributed by atoms with van der Waals surface area (Å²) in [4.78, 5) is 0.559. The molecule has 6 nitrogen and oxygen atoms in total. The van der Waals surface area contributed by atoms with Crippen molar-refractivity contribution in [2.24, 2.45) is 16.7 Å². The molecule has 0 saturated carbocycles. The third kappa shape index (κ3) is 5.42. The van der Waals surface area contributed by atoms with Crippen LogP contribution in [0.15, 0.2) is 59.7 Å². The lowest BCUT2D eigenvalue weighted by molar-refractivity contribution is 0.379. The van der Waals surface area contributed by atoms with Gasteiger partial charge in [0.25, 0.3) is 0 Å². The van der Waals surface area contributed by atoms with Gasteiger partial charge in [-0.3, -0.25) is 0 Å². The summed E-state index contributed by atoms with van der Waals surface area (Å²) in [6.45, 7) is 1.98. The highest BCUT2D eigenvalue weighted by molar-refractivity contribution is 7.82. The Morgan fingerprint density at radius 2 is 1.62 bits per heavy atom. The van der Waals surface area contributed by atoms with Crippen molar-refractivity contribution in [1.29, 1.82) is 5.41 Å². The van der Waals surface area contributed by atoms with Crippen LogP contribution < -0.4 is 21.1 Å². The van der Waals surface area contributed by atoms with Gasteiger partial charge in [0, 0.05) is 11.9 Å². The van der Waals surface area contributed by atoms with E-state index < -0.39 is 0 Å². The number of allylic oxidation sites excluding steroid dienone is 1. The molecule has 0 saturated heterocycles. The standard InChI is InChI=1S/C19H20N4O2S/c1-13(23-22)19(26)12-24-15-6-8-17(9-7-15)25-16-4-2-14(3-5-16)18(21)10-11-20/h2-11,20H,12,21-22H2,1H3/b18-10-,20-11?,23-13?. The Labute approximate surface area is 157 Å². The molecule has 0 aliphatic heterocycles. The van der Waals surface area contributed by atoms with Crippen LogP contribution in [0.2, 0.25) is 0 Å². The van der Waals surface area contributed by atoms with Crippen LogP contribution in [0.4, 0.5) is 0 Å². The predicted octanol–water partition coefficient (Wildman–Crippen LogP) is 3.51. The van der Waals surface area contributed by atoms with E-state index in [-0.39, 0.29) is 6.61 Å². The second-order valence-electron chi connectivity index (χ2n) is 5.31. The maximum Gasteiger partial charge on any atom is 0.127 e. The summed E-state index contributed by atoms with van der Waals surface area (Å²) in [7, 11) is 0. The molecule has 0 radical (unpaired) electrons. The van der Waals surface area contributed by atoms with Gasteiger partial charge in [0.05, 0.1) is 10.6 Å². The van der Waals surface area contributed by atoms with Gasteiger partial charge < -0.3 is 26.5 Å². The van der Waals surface area contributed by atoms with Crippen molar-refractivity contribution in [2.45, 2.75) is 6.92 Å². The van der Waals surface area contributed by atoms with Gasteiger partial charge >= 0.3 is 0 Å². The van der Waals surface area contributed by atoms with Crippen LogP contribution in [0.3, 0.4) is 0 Å². The largest absolute Gasteiger partial charge is 0.488 e. The summed E-state index contributed by atoms with van der Waals surface area (Å²) in [5.41, 5.74) is 7.78. The van der Waals surface area contributed by atoms with E-state index in [0.717, 1.165) is 11.8 Å². The topological polar surface area (TPSA) is 107 Å². The van der Waals surface area contributed by atoms with E-state index in [2.05, 4.69) is 5.10 Å². The number of benzene rings is 2. The third-order valence-electron chi connectivity index (χ3n) is 3.48. The minimum Gasteiger partial charge on any atom is -0.488 e. The van der Waals surface area contributed by atoms with Crippen molar-refractivity contribution in [3.8, 4) is 17.2 Å². The molecule has 0 amide bonds. The summed E-state index contributed by atoms with van der Waals surface area (Å²) in [6, 6.07) is 14.5. The number of hydrogen-bond donors (Lipinski definition) is 3. The molecule has 0 spiro atoms. The molecule has 0 aromatic heterocycles. The van der Waals surface area contributed by atoms with E-state index in [9.17, 15) is 0 Å². The molecule has 7 heteroatoms. The summed E-state index contributed by atoms with van der Waals surface area (Å²) < 4.78 is 11.4. The number of hydrogen-bond acceptors (Lipinski definition) is 7. The highest BCUT2D eigenvalue weighted by Crippen LogP contribution is 2.25. The van der Waals surface area contributed by atoms with Gasteiger partial charge in [0.1, 0.15) is 23.9 Å². The molecule has 0 heterocycles. The van der Waals surface area contributed by atoms with Crippen molar-refractivity contribution in [3.63, 3.8) is 0 Å². The van der Waals surface area contributed by atoms with Crippen molar-refractivity contribution < 1.29 is 9.47 Å². The zero-order valence-electron chi connectivity index (χ0n) is 14.3. The number of hydrazone groups is 1. The molecule has 2 aromatic carbocycles. The Morgan fingerprint density at radius 1 is 1.08 bits per heavy atom. The fourth-order valence-electron chi connectivity index (χ4n) is 1.97. The number of thiocarbonyl (C=S) groups is 1. The molecule has 0 bridgehead atoms. The van der Waals surface area contributed by atoms with Crippen LogP contribution >= 0.6 is 12.2 Å². The number of nitrogens with one attached hydrogen (secondary N) is 1. The van der Waals surface area contributed by atoms with Gasteiger partial charge in [-0.25, -0.2) is 0 Å². The monoisotopic (exact) mass is 368 g/mol. The SMILES string of the molecule is CC(=NN)C(=S)COc1ccc(Oc2ccc(/C(N)=C/C=N)cc2)cc1. The predicted molar refractivity (Wildman–Crippen MR) is 109 cm³/mol. The van der Waals surface area contributed by atoms with Gasteiger partial charge in [0.2, 0.25) is 0 Å². The first-order valence-electron chi connectivity index (χ1n) is 7.78. The molecular formula is C19H20N4O2S. The lowest BCUT2D eigenvalue weighted by Gasteiger charge is -2.09. The Hall–Kier alpha value is -3.19. The average molecular weight is 368 g/mol. The van der Waals surface area contributed by atoms with Crippen LogP contribution in [-0.4, -0.2) is 23.4 Å². The Morgan fingerprint density at radius 3 is 2.15 bits per heavy atom. The maximum atomic E-state index is 7.04. The van der Waals surface area contributed by atoms with E-state index >= 15 is 0 Å². The zero-order chi connectivity index (χ0) is 18.9. The molecule has 2 rings (SSSR count). The minimum absolute atomic E-state index is 0.244. The van der Waals surface area contributed by atoms with Crippen LogP contribution in [0, 0.1) is 5.41 Å². The zero-order valence-corrected chi connectivity index (χ0v) is 15.1. The van der Waals surface area contributed by atoms with Gasteiger partial charge in [-0.15, -0.1) is 0 Å². The van der Waals surface area contributed by atoms with Gasteiger partial charge in [-0.05, 0) is 67.1 Å². The second-order valence-corrected chi connectivity index (χ2v) is 5.81. The first kappa shape index (κ1) is 19.1. The van der Waals surface area contributed by atoms with Crippen molar-refractivity contribution >= 4 is 34.7 Å². The van der Waals surface area contributed by atoms with E-state index in [1.807, 2.05) is 24.3 Å². The molecule has 26 heavy (non-hydrogen) atoms. The van der Waals surface area contributed by atoms with Crippen molar-refractivity contribution in [1.82, 2.24) is 0 Å². The van der Waals surface area contributed by atoms with Crippen LogP contribution in [0.25, 0.3) is 5.70 Å². The maximum absolute atomic E-state index is 7.04. The minimum atomic E-state index is 0.244. The highest BCUT2D eigenvalue weighted by atomic mass is 32.1. The van der Waals surface area contributed by atoms with Gasteiger partial charge in [0.15, 0.2) is 0 Å². The molecule has 2 aromatic rings. The molecule has 5 N–H and O–H groups in total. The summed E-state index contributed by atoms with van der Waals surface area (Å²) in [5.74, 6) is 7.21. The molecule has 0 aliphatic rings. The van der Waals surface area contributed by atoms with E-state index in [1.165, 1.54) is 6.08 Å². The lowest BCUT2D eigenvalue weighted by atomic mass is 10.1. The van der Waals surface area contributed by atoms with Crippen molar-refractivity contribution in [2.75, 3.05) is 6.61 Å². The fourth-order valence-corrected chi connectivity index (χ4v) is 2.08. The van der Waals surface area contributed by atoms with E-state index in [1.54, 1.807) is 31.2 Å². The molecule has 0 fully saturated rings. The van der Waals surface area contributed by atoms with Crippen molar-refractivity contribution in [3.05, 3.63) is 60.2 Å². The van der Waals surface area contributed by atoms with E-state index in [0.29, 0.717) is 33.5 Å². The second kappa shape index (κ2) is 9.33. The summed E-state index contributed by atoms with van der Waals surface area (Å²) >= 11 is 5.15. The van der Waals surface area contributed by atoms with Crippen LogP contribution in [0.1, 0.15) is 12.5 Å². The highest BCUT2D eigenvalue weighted by Gasteiger charge is 2.04. The first-order chi connectivity index (χ1) is 12.5. The van der Waals surface area contributed by atoms with Crippen LogP contribution in [0.5, 0.6) is 17.2 Å². The smallest absolute Gasteiger partial charge is 0.127 e. The number of nitrogens with two attached hydrogens (primary N) is 2. The third-order valence-corrected chi connectivity index (χ3v) is 3.89. The fraction of sp³-hybridized carbons (Fsp3) is 0.105. The van der Waals surface area contributed by atoms with Gasteiger partial charge in [-0.2, -0.15) is 5.10 Å². The normalized spacial score (nSPS) is 11.7. The molecule has 0 atom stereocenters. The van der Waals surface area contributed by atoms with Gasteiger partial charge in [-0.1, -0.05) is 12.2 Å². The molecular weight excluding hydrogens is 348 g/mol. The van der Waals surface area contributed by atoms with E-state index in [4.69, 9.17) is 38.7 Å². The Balaban J connectivity index is 1.95. The molecule has 0 aliphatic carbocycles.